The number of anilines is 2. The number of nitrogens with two attached hydrogens (primary N) is 1. The molecule has 1 saturated heterocycles. The number of hydrogen-bond donors (Lipinski definition) is 2. The van der Waals surface area contributed by atoms with Crippen molar-refractivity contribution in [1.29, 1.82) is 0 Å². The molecule has 1 aromatic carbocycles. The second-order valence-corrected chi connectivity index (χ2v) is 4.65. The molecule has 3 N–H and O–H groups in total. The standard InChI is InChI=1S/C14H19N3O3/c1-20-12(9-15)14(19)16-10-4-6-11(7-5-10)17-8-2-3-13(17)18/h4-7,12H,2-3,8-9,15H2,1H3,(H,16,19). The average molecular weight is 277 g/mol. The lowest BCUT2D eigenvalue weighted by Gasteiger charge is -2.17. The predicted octanol–water partition coefficient (Wildman–Crippen LogP) is 0.726. The zero-order chi connectivity index (χ0) is 14.5. The van der Waals surface area contributed by atoms with Gasteiger partial charge in [0, 0.05) is 38.0 Å². The molecule has 0 aromatic heterocycles. The van der Waals surface area contributed by atoms with Gasteiger partial charge >= 0.3 is 0 Å². The molecule has 6 nitrogen and oxygen atoms in total. The van der Waals surface area contributed by atoms with Gasteiger partial charge in [0.15, 0.2) is 0 Å². The Balaban J connectivity index is 2.01. The van der Waals surface area contributed by atoms with Crippen LogP contribution in [0.2, 0.25) is 0 Å². The highest BCUT2D eigenvalue weighted by molar-refractivity contribution is 5.97. The van der Waals surface area contributed by atoms with E-state index in [1.807, 2.05) is 12.1 Å². The van der Waals surface area contributed by atoms with E-state index in [2.05, 4.69) is 5.32 Å². The molecule has 1 aromatic rings. The molecule has 1 atom stereocenters. The molecule has 1 fully saturated rings. The Morgan fingerprint density at radius 1 is 1.45 bits per heavy atom. The summed E-state index contributed by atoms with van der Waals surface area (Å²) in [4.78, 5) is 25.2. The number of nitrogens with one attached hydrogen (secondary N) is 1. The van der Waals surface area contributed by atoms with Crippen LogP contribution in [-0.2, 0) is 14.3 Å². The third-order valence-corrected chi connectivity index (χ3v) is 3.31. The van der Waals surface area contributed by atoms with Crippen molar-refractivity contribution in [1.82, 2.24) is 0 Å². The van der Waals surface area contributed by atoms with Gasteiger partial charge < -0.3 is 20.7 Å². The van der Waals surface area contributed by atoms with Gasteiger partial charge in [0.25, 0.3) is 5.91 Å². The number of nitrogens with zero attached hydrogens (tertiary/aromatic N) is 1. The zero-order valence-electron chi connectivity index (χ0n) is 11.5. The summed E-state index contributed by atoms with van der Waals surface area (Å²) < 4.78 is 4.96. The van der Waals surface area contributed by atoms with E-state index >= 15 is 0 Å². The van der Waals surface area contributed by atoms with Crippen LogP contribution in [-0.4, -0.2) is 38.1 Å². The number of carbonyl (C=O) groups is 2. The van der Waals surface area contributed by atoms with Gasteiger partial charge in [-0.05, 0) is 30.7 Å². The molecule has 0 aliphatic carbocycles. The highest BCUT2D eigenvalue weighted by atomic mass is 16.5. The van der Waals surface area contributed by atoms with Gasteiger partial charge in [0.05, 0.1) is 0 Å². The fourth-order valence-corrected chi connectivity index (χ4v) is 2.18. The lowest BCUT2D eigenvalue weighted by molar-refractivity contribution is -0.125. The summed E-state index contributed by atoms with van der Waals surface area (Å²) in [5, 5.41) is 2.73. The van der Waals surface area contributed by atoms with Gasteiger partial charge in [0.1, 0.15) is 6.10 Å². The maximum atomic E-state index is 11.8. The highest BCUT2D eigenvalue weighted by Gasteiger charge is 2.21. The van der Waals surface area contributed by atoms with Crippen molar-refractivity contribution in [2.45, 2.75) is 18.9 Å². The van der Waals surface area contributed by atoms with Crippen molar-refractivity contribution in [2.75, 3.05) is 30.4 Å². The van der Waals surface area contributed by atoms with Crippen LogP contribution in [0.1, 0.15) is 12.8 Å². The van der Waals surface area contributed by atoms with Crippen molar-refractivity contribution >= 4 is 23.2 Å². The van der Waals surface area contributed by atoms with E-state index in [0.717, 1.165) is 18.7 Å². The summed E-state index contributed by atoms with van der Waals surface area (Å²) >= 11 is 0. The number of methoxy groups -OCH3 is 1. The molecule has 2 rings (SSSR count). The molecular formula is C14H19N3O3. The number of hydrogen-bond acceptors (Lipinski definition) is 4. The molecule has 2 amide bonds. The molecule has 6 heteroatoms. The molecule has 0 bridgehead atoms. The molecule has 0 spiro atoms. The van der Waals surface area contributed by atoms with Crippen LogP contribution >= 0.6 is 0 Å². The fourth-order valence-electron chi connectivity index (χ4n) is 2.18. The minimum absolute atomic E-state index is 0.128. The molecule has 1 unspecified atom stereocenters. The van der Waals surface area contributed by atoms with Gasteiger partial charge in [-0.3, -0.25) is 9.59 Å². The highest BCUT2D eigenvalue weighted by Crippen LogP contribution is 2.23. The molecule has 20 heavy (non-hydrogen) atoms. The number of benzene rings is 1. The van der Waals surface area contributed by atoms with Crippen molar-refractivity contribution in [3.63, 3.8) is 0 Å². The van der Waals surface area contributed by atoms with E-state index in [1.54, 1.807) is 17.0 Å². The van der Waals surface area contributed by atoms with Crippen LogP contribution in [0.25, 0.3) is 0 Å². The van der Waals surface area contributed by atoms with Crippen LogP contribution in [0.15, 0.2) is 24.3 Å². The SMILES string of the molecule is COC(CN)C(=O)Nc1ccc(N2CCCC2=O)cc1. The molecule has 1 aliphatic heterocycles. The van der Waals surface area contributed by atoms with Crippen LogP contribution in [0.3, 0.4) is 0 Å². The van der Waals surface area contributed by atoms with Gasteiger partial charge in [-0.15, -0.1) is 0 Å². The summed E-state index contributed by atoms with van der Waals surface area (Å²) in [6.07, 6.45) is 0.836. The van der Waals surface area contributed by atoms with Crippen LogP contribution < -0.4 is 16.0 Å². The number of amides is 2. The first-order valence-corrected chi connectivity index (χ1v) is 6.60. The minimum Gasteiger partial charge on any atom is -0.370 e. The summed E-state index contributed by atoms with van der Waals surface area (Å²) in [6, 6.07) is 7.18. The number of rotatable bonds is 5. The second kappa shape index (κ2) is 6.49. The predicted molar refractivity (Wildman–Crippen MR) is 76.5 cm³/mol. The van der Waals surface area contributed by atoms with Gasteiger partial charge in [-0.1, -0.05) is 0 Å². The minimum atomic E-state index is -0.658. The summed E-state index contributed by atoms with van der Waals surface area (Å²) in [5.41, 5.74) is 6.94. The third-order valence-electron chi connectivity index (χ3n) is 3.31. The lowest BCUT2D eigenvalue weighted by Crippen LogP contribution is -2.35. The molecule has 1 aliphatic rings. The topological polar surface area (TPSA) is 84.7 Å². The van der Waals surface area contributed by atoms with Gasteiger partial charge in [-0.2, -0.15) is 0 Å². The Bertz CT molecular complexity index is 483. The van der Waals surface area contributed by atoms with Gasteiger partial charge in [0.2, 0.25) is 5.91 Å². The largest absolute Gasteiger partial charge is 0.370 e. The van der Waals surface area contributed by atoms with Crippen molar-refractivity contribution in [3.05, 3.63) is 24.3 Å². The second-order valence-electron chi connectivity index (χ2n) is 4.65. The normalized spacial score (nSPS) is 16.3. The fraction of sp³-hybridized carbons (Fsp3) is 0.429. The van der Waals surface area contributed by atoms with Crippen molar-refractivity contribution in [2.24, 2.45) is 5.73 Å². The van der Waals surface area contributed by atoms with Crippen molar-refractivity contribution < 1.29 is 14.3 Å². The average Bonchev–Trinajstić information content (AvgIpc) is 2.87. The first-order valence-electron chi connectivity index (χ1n) is 6.60. The quantitative estimate of drug-likeness (QED) is 0.830. The lowest BCUT2D eigenvalue weighted by atomic mass is 10.2. The van der Waals surface area contributed by atoms with Crippen LogP contribution in [0, 0.1) is 0 Å². The molecular weight excluding hydrogens is 258 g/mol. The maximum absolute atomic E-state index is 11.8. The number of carbonyl (C=O) groups excluding carboxylic acids is 2. The summed E-state index contributed by atoms with van der Waals surface area (Å²) in [5.74, 6) is -0.135. The molecule has 0 radical (unpaired) electrons. The Hall–Kier alpha value is -1.92. The van der Waals surface area contributed by atoms with E-state index in [9.17, 15) is 9.59 Å². The van der Waals surface area contributed by atoms with Crippen LogP contribution in [0.5, 0.6) is 0 Å². The van der Waals surface area contributed by atoms with E-state index in [0.29, 0.717) is 12.1 Å². The monoisotopic (exact) mass is 277 g/mol. The molecule has 0 saturated carbocycles. The Kier molecular flexibility index (Phi) is 4.70. The van der Waals surface area contributed by atoms with E-state index in [1.165, 1.54) is 7.11 Å². The Morgan fingerprint density at radius 2 is 2.15 bits per heavy atom. The summed E-state index contributed by atoms with van der Waals surface area (Å²) in [6.45, 7) is 0.881. The Morgan fingerprint density at radius 3 is 2.65 bits per heavy atom. The summed E-state index contributed by atoms with van der Waals surface area (Å²) in [7, 11) is 1.44. The number of ether oxygens (including phenoxy) is 1. The van der Waals surface area contributed by atoms with E-state index < -0.39 is 6.10 Å². The first kappa shape index (κ1) is 14.5. The van der Waals surface area contributed by atoms with Crippen molar-refractivity contribution in [3.8, 4) is 0 Å². The first-order chi connectivity index (χ1) is 9.65. The Labute approximate surface area is 117 Å². The van der Waals surface area contributed by atoms with Crippen LogP contribution in [0.4, 0.5) is 11.4 Å². The van der Waals surface area contributed by atoms with Gasteiger partial charge in [-0.25, -0.2) is 0 Å². The molecule has 108 valence electrons. The smallest absolute Gasteiger partial charge is 0.254 e. The molecule has 1 heterocycles. The zero-order valence-corrected chi connectivity index (χ0v) is 11.5. The maximum Gasteiger partial charge on any atom is 0.254 e. The van der Waals surface area contributed by atoms with E-state index in [-0.39, 0.29) is 18.4 Å². The third kappa shape index (κ3) is 3.15. The van der Waals surface area contributed by atoms with E-state index in [4.69, 9.17) is 10.5 Å².